The van der Waals surface area contributed by atoms with Gasteiger partial charge in [0.1, 0.15) is 22.7 Å². The largest absolute Gasteiger partial charge is 0.444 e. The molecule has 0 aliphatic carbocycles. The molecular weight excluding hydrogens is 549 g/mol. The van der Waals surface area contributed by atoms with E-state index in [1.165, 1.54) is 0 Å². The number of primary amides is 1. The van der Waals surface area contributed by atoms with Gasteiger partial charge >= 0.3 is 12.3 Å². The predicted molar refractivity (Wildman–Crippen MR) is 148 cm³/mol. The van der Waals surface area contributed by atoms with Gasteiger partial charge in [-0.1, -0.05) is 24.1 Å². The molecule has 222 valence electrons. The summed E-state index contributed by atoms with van der Waals surface area (Å²) >= 11 is 0. The number of likely N-dealkylation sites (tertiary alicyclic amines) is 1. The van der Waals surface area contributed by atoms with Crippen LogP contribution in [0.3, 0.4) is 0 Å². The zero-order chi connectivity index (χ0) is 30.7. The zero-order valence-electron chi connectivity index (χ0n) is 23.9. The molecule has 0 radical (unpaired) electrons. The summed E-state index contributed by atoms with van der Waals surface area (Å²) in [5.41, 5.74) is 4.97. The standard InChI is InChI=1S/C30H33F3N6O3/c1-19(27(34)40)23-8-6-5-7-21(23)9-10-25-24(30(31,32)33)17-35-26(37-25)15-20-16-36-39(18-20)22-11-13-38(14-12-22)28(41)42-29(2,3)4/h5-8,16-19,22H,11-15H2,1-4H3,(H2,34,40). The molecule has 9 nitrogen and oxygen atoms in total. The Hall–Kier alpha value is -4.40. The first kappa shape index (κ1) is 30.6. The van der Waals surface area contributed by atoms with Gasteiger partial charge in [0, 0.05) is 37.5 Å². The maximum absolute atomic E-state index is 13.8. The lowest BCUT2D eigenvalue weighted by Gasteiger charge is -2.33. The maximum atomic E-state index is 13.8. The van der Waals surface area contributed by atoms with Crippen LogP contribution < -0.4 is 5.73 Å². The quantitative estimate of drug-likeness (QED) is 0.431. The van der Waals surface area contributed by atoms with Crippen LogP contribution in [-0.2, 0) is 22.1 Å². The van der Waals surface area contributed by atoms with Crippen molar-refractivity contribution in [3.05, 3.63) is 76.6 Å². The van der Waals surface area contributed by atoms with Crippen molar-refractivity contribution in [1.82, 2.24) is 24.6 Å². The molecule has 1 aliphatic rings. The highest BCUT2D eigenvalue weighted by Crippen LogP contribution is 2.31. The number of nitrogens with zero attached hydrogens (tertiary/aromatic N) is 5. The Morgan fingerprint density at radius 3 is 2.45 bits per heavy atom. The summed E-state index contributed by atoms with van der Waals surface area (Å²) in [6.45, 7) is 8.14. The molecule has 1 aliphatic heterocycles. The fraction of sp³-hybridized carbons (Fsp3) is 0.433. The zero-order valence-corrected chi connectivity index (χ0v) is 23.9. The molecule has 12 heteroatoms. The molecule has 3 heterocycles. The summed E-state index contributed by atoms with van der Waals surface area (Å²) < 4.78 is 48.5. The second-order valence-electron chi connectivity index (χ2n) is 11.2. The van der Waals surface area contributed by atoms with Crippen molar-refractivity contribution in [2.75, 3.05) is 13.1 Å². The minimum absolute atomic E-state index is 0.0650. The third-order valence-corrected chi connectivity index (χ3v) is 6.82. The van der Waals surface area contributed by atoms with Crippen LogP contribution in [0.4, 0.5) is 18.0 Å². The lowest BCUT2D eigenvalue weighted by atomic mass is 9.95. The summed E-state index contributed by atoms with van der Waals surface area (Å²) in [5.74, 6) is 4.20. The van der Waals surface area contributed by atoms with Crippen molar-refractivity contribution < 1.29 is 27.5 Å². The second-order valence-corrected chi connectivity index (χ2v) is 11.2. The Balaban J connectivity index is 1.51. The predicted octanol–water partition coefficient (Wildman–Crippen LogP) is 4.84. The van der Waals surface area contributed by atoms with E-state index in [4.69, 9.17) is 10.5 Å². The molecule has 1 aromatic carbocycles. The first-order valence-corrected chi connectivity index (χ1v) is 13.6. The van der Waals surface area contributed by atoms with E-state index in [-0.39, 0.29) is 24.4 Å². The van der Waals surface area contributed by atoms with Gasteiger partial charge in [-0.15, -0.1) is 0 Å². The fourth-order valence-electron chi connectivity index (χ4n) is 4.56. The number of rotatable bonds is 5. The van der Waals surface area contributed by atoms with E-state index < -0.39 is 34.9 Å². The first-order valence-electron chi connectivity index (χ1n) is 13.6. The highest BCUT2D eigenvalue weighted by Gasteiger charge is 2.35. The van der Waals surface area contributed by atoms with Crippen molar-refractivity contribution in [3.63, 3.8) is 0 Å². The third kappa shape index (κ3) is 7.66. The third-order valence-electron chi connectivity index (χ3n) is 6.82. The SMILES string of the molecule is CC(C(N)=O)c1ccccc1C#Cc1nc(Cc2cnn(C3CCN(C(=O)OC(C)(C)C)CC3)c2)ncc1C(F)(F)F. The number of amides is 2. The van der Waals surface area contributed by atoms with Gasteiger partial charge in [0.05, 0.1) is 18.2 Å². The average molecular weight is 583 g/mol. The van der Waals surface area contributed by atoms with Crippen LogP contribution in [0.2, 0.25) is 0 Å². The summed E-state index contributed by atoms with van der Waals surface area (Å²) in [4.78, 5) is 33.8. The maximum Gasteiger partial charge on any atom is 0.420 e. The summed E-state index contributed by atoms with van der Waals surface area (Å²) in [5, 5.41) is 4.44. The first-order chi connectivity index (χ1) is 19.7. The molecule has 2 N–H and O–H groups in total. The molecule has 0 spiro atoms. The van der Waals surface area contributed by atoms with Crippen LogP contribution in [0.5, 0.6) is 0 Å². The summed E-state index contributed by atoms with van der Waals surface area (Å²) in [7, 11) is 0. The van der Waals surface area contributed by atoms with Gasteiger partial charge < -0.3 is 15.4 Å². The van der Waals surface area contributed by atoms with Crippen LogP contribution >= 0.6 is 0 Å². The molecule has 1 fully saturated rings. The number of hydrogen-bond acceptors (Lipinski definition) is 6. The number of alkyl halides is 3. The Kier molecular flexibility index (Phi) is 8.89. The summed E-state index contributed by atoms with van der Waals surface area (Å²) in [6, 6.07) is 6.72. The minimum atomic E-state index is -4.71. The number of piperidine rings is 1. The van der Waals surface area contributed by atoms with Crippen molar-refractivity contribution in [2.45, 2.75) is 70.7 Å². The van der Waals surface area contributed by atoms with Crippen molar-refractivity contribution >= 4 is 12.0 Å². The molecule has 1 atom stereocenters. The fourth-order valence-corrected chi connectivity index (χ4v) is 4.56. The minimum Gasteiger partial charge on any atom is -0.444 e. The molecule has 42 heavy (non-hydrogen) atoms. The van der Waals surface area contributed by atoms with E-state index in [0.717, 1.165) is 11.8 Å². The van der Waals surface area contributed by atoms with E-state index in [2.05, 4.69) is 26.9 Å². The summed E-state index contributed by atoms with van der Waals surface area (Å²) in [6.07, 6.45) is 0.669. The van der Waals surface area contributed by atoms with Gasteiger partial charge in [-0.25, -0.2) is 14.8 Å². The van der Waals surface area contributed by atoms with Gasteiger partial charge in [-0.3, -0.25) is 9.48 Å². The van der Waals surface area contributed by atoms with Crippen LogP contribution in [0.1, 0.15) is 86.3 Å². The van der Waals surface area contributed by atoms with Crippen LogP contribution in [-0.4, -0.2) is 55.3 Å². The molecule has 4 rings (SSSR count). The number of carbonyl (C=O) groups is 2. The van der Waals surface area contributed by atoms with E-state index in [1.807, 2.05) is 31.6 Å². The van der Waals surface area contributed by atoms with Gasteiger partial charge in [0.2, 0.25) is 5.91 Å². The molecule has 0 saturated carbocycles. The van der Waals surface area contributed by atoms with Crippen molar-refractivity contribution in [1.29, 1.82) is 0 Å². The van der Waals surface area contributed by atoms with Gasteiger partial charge in [0.25, 0.3) is 0 Å². The Bertz CT molecular complexity index is 1510. The van der Waals surface area contributed by atoms with Crippen molar-refractivity contribution in [3.8, 4) is 11.8 Å². The number of hydrogen-bond donors (Lipinski definition) is 1. The lowest BCUT2D eigenvalue weighted by Crippen LogP contribution is -2.42. The number of nitrogens with two attached hydrogens (primary N) is 1. The molecular formula is C30H33F3N6O3. The molecule has 3 aromatic rings. The lowest BCUT2D eigenvalue weighted by molar-refractivity contribution is -0.138. The average Bonchev–Trinajstić information content (AvgIpc) is 3.38. The molecule has 0 bridgehead atoms. The highest BCUT2D eigenvalue weighted by molar-refractivity contribution is 5.82. The normalized spacial score (nSPS) is 15.1. The number of carbonyl (C=O) groups excluding carboxylic acids is 2. The topological polar surface area (TPSA) is 116 Å². The number of halogens is 3. The monoisotopic (exact) mass is 582 g/mol. The Morgan fingerprint density at radius 1 is 1.12 bits per heavy atom. The van der Waals surface area contributed by atoms with E-state index in [9.17, 15) is 22.8 Å². The molecule has 2 aromatic heterocycles. The van der Waals surface area contributed by atoms with Crippen LogP contribution in [0.15, 0.2) is 42.9 Å². The molecule has 1 saturated heterocycles. The van der Waals surface area contributed by atoms with Gasteiger partial charge in [0.15, 0.2) is 0 Å². The van der Waals surface area contributed by atoms with E-state index in [0.29, 0.717) is 37.1 Å². The molecule has 1 unspecified atom stereocenters. The number of ether oxygens (including phenoxy) is 1. The second kappa shape index (κ2) is 12.2. The van der Waals surface area contributed by atoms with Crippen LogP contribution in [0, 0.1) is 11.8 Å². The Morgan fingerprint density at radius 2 is 1.81 bits per heavy atom. The molecule has 2 amide bonds. The van der Waals surface area contributed by atoms with Crippen LogP contribution in [0.25, 0.3) is 0 Å². The van der Waals surface area contributed by atoms with Crippen molar-refractivity contribution in [2.24, 2.45) is 5.73 Å². The number of aromatic nitrogens is 4. The van der Waals surface area contributed by atoms with Gasteiger partial charge in [-0.05, 0) is 63.7 Å². The van der Waals surface area contributed by atoms with E-state index >= 15 is 0 Å². The number of benzene rings is 1. The smallest absolute Gasteiger partial charge is 0.420 e. The highest BCUT2D eigenvalue weighted by atomic mass is 19.4. The Labute approximate surface area is 242 Å². The van der Waals surface area contributed by atoms with E-state index in [1.54, 1.807) is 42.3 Å². The van der Waals surface area contributed by atoms with Gasteiger partial charge in [-0.2, -0.15) is 18.3 Å².